The van der Waals surface area contributed by atoms with E-state index in [-0.39, 0.29) is 0 Å². The second-order valence-corrected chi connectivity index (χ2v) is 4.34. The highest BCUT2D eigenvalue weighted by Gasteiger charge is 2.65. The van der Waals surface area contributed by atoms with Gasteiger partial charge in [-0.15, -0.1) is 0 Å². The minimum Gasteiger partial charge on any atom is -0.271 e. The summed E-state index contributed by atoms with van der Waals surface area (Å²) in [6, 6.07) is 0. The Morgan fingerprint density at radius 1 is 0.667 bits per heavy atom. The first-order valence-electron chi connectivity index (χ1n) is 2.80. The largest absolute Gasteiger partial charge is 0.464 e. The van der Waals surface area contributed by atoms with Gasteiger partial charge in [-0.1, -0.05) is 23.2 Å². The van der Waals surface area contributed by atoms with Gasteiger partial charge in [0.25, 0.3) is 0 Å². The van der Waals surface area contributed by atoms with E-state index in [1.807, 2.05) is 0 Å². The van der Waals surface area contributed by atoms with E-state index >= 15 is 0 Å². The number of ether oxygens (including phenoxy) is 1. The Labute approximate surface area is 99.2 Å². The van der Waals surface area contributed by atoms with Gasteiger partial charge in [-0.25, -0.2) is 0 Å². The van der Waals surface area contributed by atoms with E-state index in [1.165, 1.54) is 0 Å². The van der Waals surface area contributed by atoms with Crippen LogP contribution in [0.15, 0.2) is 0 Å². The zero-order chi connectivity index (χ0) is 12.7. The van der Waals surface area contributed by atoms with Gasteiger partial charge in [0.1, 0.15) is 0 Å². The molecule has 0 N–H and O–H groups in total. The van der Waals surface area contributed by atoms with E-state index in [0.717, 1.165) is 0 Å². The fourth-order valence-corrected chi connectivity index (χ4v) is 0.606. The summed E-state index contributed by atoms with van der Waals surface area (Å²) < 4.78 is 71.2. The predicted molar refractivity (Wildman–Crippen MR) is 42.1 cm³/mol. The van der Waals surface area contributed by atoms with E-state index < -0.39 is 21.4 Å². The smallest absolute Gasteiger partial charge is 0.271 e. The molecule has 0 fully saturated rings. The third kappa shape index (κ3) is 3.89. The second-order valence-electron chi connectivity index (χ2n) is 2.13. The predicted octanol–water partition coefficient (Wildman–Crippen LogP) is 4.39. The monoisotopic (exact) mass is 318 g/mol. The third-order valence-electron chi connectivity index (χ3n) is 0.916. The Kier molecular flexibility index (Phi) is 4.37. The van der Waals surface area contributed by atoms with Crippen molar-refractivity contribution in [1.29, 1.82) is 0 Å². The molecule has 0 saturated carbocycles. The summed E-state index contributed by atoms with van der Waals surface area (Å²) in [6.45, 7) is 0. The molecule has 0 rings (SSSR count). The lowest BCUT2D eigenvalue weighted by Crippen LogP contribution is -2.48. The number of hydrogen-bond acceptors (Lipinski definition) is 1. The first-order chi connectivity index (χ1) is 6.21. The first-order valence-corrected chi connectivity index (χ1v) is 4.31. The average molecular weight is 320 g/mol. The van der Waals surface area contributed by atoms with E-state index in [2.05, 4.69) is 51.1 Å². The van der Waals surface area contributed by atoms with Gasteiger partial charge in [-0.2, -0.15) is 26.3 Å². The van der Waals surface area contributed by atoms with Crippen LogP contribution < -0.4 is 0 Å². The van der Waals surface area contributed by atoms with Crippen LogP contribution in [0.25, 0.3) is 0 Å². The molecule has 0 aliphatic carbocycles. The summed E-state index contributed by atoms with van der Waals surface area (Å²) in [5.74, 6) is 0. The lowest BCUT2D eigenvalue weighted by Gasteiger charge is -2.30. The lowest BCUT2D eigenvalue weighted by atomic mass is 10.6. The van der Waals surface area contributed by atoms with Crippen molar-refractivity contribution >= 4 is 46.4 Å². The molecule has 1 nitrogen and oxygen atoms in total. The minimum absolute atomic E-state index is 2.79. The Hall–Kier alpha value is 0.700. The molecule has 2 unspecified atom stereocenters. The Bertz CT molecular complexity index is 208. The minimum atomic E-state index is -5.86. The van der Waals surface area contributed by atoms with Crippen LogP contribution >= 0.6 is 46.4 Å². The van der Waals surface area contributed by atoms with Crippen molar-refractivity contribution in [3.8, 4) is 0 Å². The van der Waals surface area contributed by atoms with E-state index in [0.29, 0.717) is 0 Å². The molecular weight excluding hydrogens is 320 g/mol. The normalized spacial score (nSPS) is 22.0. The molecule has 0 heterocycles. The summed E-state index contributed by atoms with van der Waals surface area (Å²) in [7, 11) is 0. The van der Waals surface area contributed by atoms with Gasteiger partial charge in [-0.05, 0) is 23.2 Å². The Morgan fingerprint density at radius 3 is 1.20 bits per heavy atom. The molecule has 0 aliphatic heterocycles. The van der Waals surface area contributed by atoms with Crippen LogP contribution in [0.5, 0.6) is 0 Å². The maximum absolute atomic E-state index is 12.7. The molecule has 11 heteroatoms. The van der Waals surface area contributed by atoms with Crippen molar-refractivity contribution in [3.63, 3.8) is 0 Å². The van der Waals surface area contributed by atoms with Crippen LogP contribution in [0, 0.1) is 0 Å². The summed E-state index contributed by atoms with van der Waals surface area (Å²) >= 11 is 17.1. The highest BCUT2D eigenvalue weighted by atomic mass is 35.5. The van der Waals surface area contributed by atoms with Crippen molar-refractivity contribution in [2.45, 2.75) is 21.4 Å². The van der Waals surface area contributed by atoms with Crippen LogP contribution in [-0.4, -0.2) is 21.4 Å². The van der Waals surface area contributed by atoms with Gasteiger partial charge in [0.2, 0.25) is 0 Å². The molecule has 0 aromatic carbocycles. The number of alkyl halides is 10. The molecule has 0 amide bonds. The van der Waals surface area contributed by atoms with E-state index in [4.69, 9.17) is 0 Å². The SMILES string of the molecule is FC(F)(F)C(F)(Cl)OC(F)(Cl)C(F)(Cl)Cl. The molecule has 0 bridgehead atoms. The molecule has 0 spiro atoms. The fraction of sp³-hybridized carbons (Fsp3) is 1.00. The summed E-state index contributed by atoms with van der Waals surface area (Å²) in [5.41, 5.74) is 0. The summed E-state index contributed by atoms with van der Waals surface area (Å²) in [5, 5.41) is -9.58. The van der Waals surface area contributed by atoms with Gasteiger partial charge < -0.3 is 0 Å². The molecule has 0 aromatic rings. The molecule has 0 aliphatic rings. The topological polar surface area (TPSA) is 9.23 Å². The average Bonchev–Trinajstić information content (AvgIpc) is 1.77. The van der Waals surface area contributed by atoms with Crippen molar-refractivity contribution in [1.82, 2.24) is 0 Å². The quantitative estimate of drug-likeness (QED) is 0.554. The molecule has 2 atom stereocenters. The van der Waals surface area contributed by atoms with Crippen LogP contribution in [0.1, 0.15) is 0 Å². The maximum Gasteiger partial charge on any atom is 0.464 e. The molecule has 0 saturated heterocycles. The van der Waals surface area contributed by atoms with Gasteiger partial charge in [-0.3, -0.25) is 4.74 Å². The number of halogens is 10. The van der Waals surface area contributed by atoms with Crippen LogP contribution in [0.2, 0.25) is 0 Å². The number of hydrogen-bond donors (Lipinski definition) is 0. The zero-order valence-electron chi connectivity index (χ0n) is 6.19. The van der Waals surface area contributed by atoms with E-state index in [1.54, 1.807) is 0 Å². The van der Waals surface area contributed by atoms with E-state index in [9.17, 15) is 26.3 Å². The Morgan fingerprint density at radius 2 is 1.00 bits per heavy atom. The standard InChI is InChI=1S/C4Cl4F6O/c5-1(6,9)2(7,10)15-3(8,11)4(12,13)14. The van der Waals surface area contributed by atoms with Crippen molar-refractivity contribution < 1.29 is 31.1 Å². The molecule has 92 valence electrons. The lowest BCUT2D eigenvalue weighted by molar-refractivity contribution is -0.333. The second kappa shape index (κ2) is 4.18. The summed E-state index contributed by atoms with van der Waals surface area (Å²) in [4.78, 5) is 0. The molecule has 0 radical (unpaired) electrons. The summed E-state index contributed by atoms with van der Waals surface area (Å²) in [6.07, 6.45) is -5.86. The Balaban J connectivity index is 4.89. The highest BCUT2D eigenvalue weighted by molar-refractivity contribution is 6.51. The van der Waals surface area contributed by atoms with Crippen LogP contribution in [0.3, 0.4) is 0 Å². The maximum atomic E-state index is 12.7. The van der Waals surface area contributed by atoms with Gasteiger partial charge >= 0.3 is 21.4 Å². The van der Waals surface area contributed by atoms with Gasteiger partial charge in [0.15, 0.2) is 0 Å². The molecule has 15 heavy (non-hydrogen) atoms. The molecule has 0 aromatic heterocycles. The molecular formula is C4Cl4F6O. The zero-order valence-corrected chi connectivity index (χ0v) is 9.21. The van der Waals surface area contributed by atoms with Crippen molar-refractivity contribution in [2.75, 3.05) is 0 Å². The van der Waals surface area contributed by atoms with Crippen molar-refractivity contribution in [3.05, 3.63) is 0 Å². The van der Waals surface area contributed by atoms with Crippen LogP contribution in [-0.2, 0) is 4.74 Å². The highest BCUT2D eigenvalue weighted by Crippen LogP contribution is 2.49. The van der Waals surface area contributed by atoms with Gasteiger partial charge in [0.05, 0.1) is 0 Å². The van der Waals surface area contributed by atoms with Crippen molar-refractivity contribution in [2.24, 2.45) is 0 Å². The first kappa shape index (κ1) is 15.7. The van der Waals surface area contributed by atoms with Gasteiger partial charge in [0, 0.05) is 0 Å². The third-order valence-corrected chi connectivity index (χ3v) is 2.22. The van der Waals surface area contributed by atoms with Crippen LogP contribution in [0.4, 0.5) is 26.3 Å². The fourth-order valence-electron chi connectivity index (χ4n) is 0.277. The number of rotatable bonds is 3.